The van der Waals surface area contributed by atoms with Crippen LogP contribution in [0.1, 0.15) is 25.7 Å². The molecule has 20 heavy (non-hydrogen) atoms. The fraction of sp³-hybridized carbons (Fsp3) is 0.462. The van der Waals surface area contributed by atoms with Gasteiger partial charge in [0.15, 0.2) is 5.82 Å². The average Bonchev–Trinajstić information content (AvgIpc) is 3.12. The molecule has 0 atom stereocenters. The summed E-state index contributed by atoms with van der Waals surface area (Å²) in [6.07, 6.45) is 3.28. The average molecular weight is 294 g/mol. The third-order valence-electron chi connectivity index (χ3n) is 2.81. The summed E-state index contributed by atoms with van der Waals surface area (Å²) in [7, 11) is 1.41. The molecule has 2 heterocycles. The number of H-pyrrole nitrogens is 1. The zero-order valence-electron chi connectivity index (χ0n) is 11.4. The van der Waals surface area contributed by atoms with Crippen molar-refractivity contribution in [2.24, 2.45) is 0 Å². The summed E-state index contributed by atoms with van der Waals surface area (Å²) < 4.78 is 4.59. The third-order valence-corrected chi connectivity index (χ3v) is 3.69. The number of thiophene rings is 1. The van der Waals surface area contributed by atoms with Crippen molar-refractivity contribution in [2.75, 3.05) is 19.0 Å². The van der Waals surface area contributed by atoms with Gasteiger partial charge in [-0.2, -0.15) is 4.98 Å². The van der Waals surface area contributed by atoms with Crippen molar-refractivity contribution < 1.29 is 9.53 Å². The maximum Gasteiger partial charge on any atom is 0.305 e. The van der Waals surface area contributed by atoms with Crippen molar-refractivity contribution in [3.05, 3.63) is 17.5 Å². The molecule has 0 fully saturated rings. The van der Waals surface area contributed by atoms with Gasteiger partial charge in [-0.05, 0) is 24.3 Å². The molecule has 0 bridgehead atoms. The summed E-state index contributed by atoms with van der Waals surface area (Å²) in [5.41, 5.74) is 0. The lowest BCUT2D eigenvalue weighted by molar-refractivity contribution is -0.140. The second-order valence-corrected chi connectivity index (χ2v) is 5.25. The monoisotopic (exact) mass is 294 g/mol. The SMILES string of the molecule is COC(=O)CCCCCNc1n[nH]c(-c2cccs2)n1. The maximum absolute atomic E-state index is 10.9. The van der Waals surface area contributed by atoms with Crippen LogP contribution in [0.5, 0.6) is 0 Å². The van der Waals surface area contributed by atoms with Crippen molar-refractivity contribution in [3.63, 3.8) is 0 Å². The van der Waals surface area contributed by atoms with Crippen LogP contribution in [0.3, 0.4) is 0 Å². The molecule has 2 aromatic rings. The van der Waals surface area contributed by atoms with Crippen LogP contribution in [0.4, 0.5) is 5.95 Å². The first kappa shape index (κ1) is 14.5. The molecule has 0 aromatic carbocycles. The number of ether oxygens (including phenoxy) is 1. The van der Waals surface area contributed by atoms with E-state index in [1.54, 1.807) is 11.3 Å². The van der Waals surface area contributed by atoms with Gasteiger partial charge < -0.3 is 10.1 Å². The molecule has 0 unspecified atom stereocenters. The highest BCUT2D eigenvalue weighted by molar-refractivity contribution is 7.13. The van der Waals surface area contributed by atoms with E-state index < -0.39 is 0 Å². The lowest BCUT2D eigenvalue weighted by atomic mass is 10.2. The quantitative estimate of drug-likeness (QED) is 0.578. The Bertz CT molecular complexity index is 524. The Kier molecular flexibility index (Phi) is 5.55. The molecule has 2 N–H and O–H groups in total. The Morgan fingerprint density at radius 1 is 1.45 bits per heavy atom. The minimum atomic E-state index is -0.146. The van der Waals surface area contributed by atoms with E-state index in [-0.39, 0.29) is 5.97 Å². The van der Waals surface area contributed by atoms with Gasteiger partial charge in [0.05, 0.1) is 12.0 Å². The maximum atomic E-state index is 10.9. The molecule has 2 aromatic heterocycles. The van der Waals surface area contributed by atoms with Gasteiger partial charge in [0.25, 0.3) is 0 Å². The zero-order valence-corrected chi connectivity index (χ0v) is 12.2. The Morgan fingerprint density at radius 2 is 2.35 bits per heavy atom. The minimum absolute atomic E-state index is 0.146. The van der Waals surface area contributed by atoms with Crippen molar-refractivity contribution >= 4 is 23.3 Å². The second-order valence-electron chi connectivity index (χ2n) is 4.30. The largest absolute Gasteiger partial charge is 0.469 e. The fourth-order valence-electron chi connectivity index (χ4n) is 1.74. The standard InChI is InChI=1S/C13H18N4O2S/c1-19-11(18)7-3-2-4-8-14-13-15-12(16-17-13)10-6-5-9-20-10/h5-6,9H,2-4,7-8H2,1H3,(H2,14,15,16,17). The first-order valence-electron chi connectivity index (χ1n) is 6.56. The van der Waals surface area contributed by atoms with E-state index in [2.05, 4.69) is 25.2 Å². The molecule has 0 radical (unpaired) electrons. The molecule has 0 spiro atoms. The van der Waals surface area contributed by atoms with E-state index in [4.69, 9.17) is 0 Å². The number of carbonyl (C=O) groups is 1. The lowest BCUT2D eigenvalue weighted by Gasteiger charge is -2.01. The number of carbonyl (C=O) groups excluding carboxylic acids is 1. The highest BCUT2D eigenvalue weighted by Crippen LogP contribution is 2.21. The second kappa shape index (κ2) is 7.64. The van der Waals surface area contributed by atoms with Gasteiger partial charge >= 0.3 is 5.97 Å². The number of esters is 1. The molecule has 0 amide bonds. The van der Waals surface area contributed by atoms with Crippen molar-refractivity contribution in [1.29, 1.82) is 0 Å². The number of nitrogens with one attached hydrogen (secondary N) is 2. The number of anilines is 1. The molecule has 108 valence electrons. The summed E-state index contributed by atoms with van der Waals surface area (Å²) >= 11 is 1.62. The molecule has 7 heteroatoms. The van der Waals surface area contributed by atoms with E-state index >= 15 is 0 Å². The smallest absolute Gasteiger partial charge is 0.305 e. The van der Waals surface area contributed by atoms with Crippen LogP contribution in [-0.2, 0) is 9.53 Å². The Labute approximate surface area is 121 Å². The Morgan fingerprint density at radius 3 is 3.10 bits per heavy atom. The van der Waals surface area contributed by atoms with E-state index in [9.17, 15) is 4.79 Å². The summed E-state index contributed by atoms with van der Waals surface area (Å²) in [6.45, 7) is 0.795. The zero-order chi connectivity index (χ0) is 14.2. The van der Waals surface area contributed by atoms with Crippen molar-refractivity contribution in [3.8, 4) is 10.7 Å². The third kappa shape index (κ3) is 4.34. The van der Waals surface area contributed by atoms with Gasteiger partial charge in [0.1, 0.15) is 0 Å². The van der Waals surface area contributed by atoms with Gasteiger partial charge in [0.2, 0.25) is 5.95 Å². The first-order chi connectivity index (χ1) is 9.79. The molecule has 6 nitrogen and oxygen atoms in total. The Hall–Kier alpha value is -1.89. The molecular weight excluding hydrogens is 276 g/mol. The predicted molar refractivity (Wildman–Crippen MR) is 78.7 cm³/mol. The summed E-state index contributed by atoms with van der Waals surface area (Å²) in [4.78, 5) is 16.4. The number of aromatic amines is 1. The number of unbranched alkanes of at least 4 members (excludes halogenated alkanes) is 2. The molecule has 2 rings (SSSR count). The van der Waals surface area contributed by atoms with Gasteiger partial charge in [0, 0.05) is 13.0 Å². The van der Waals surface area contributed by atoms with Crippen LogP contribution in [0, 0.1) is 0 Å². The number of hydrogen-bond donors (Lipinski definition) is 2. The van der Waals surface area contributed by atoms with Crippen LogP contribution < -0.4 is 5.32 Å². The highest BCUT2D eigenvalue weighted by Gasteiger charge is 2.05. The molecule has 0 aliphatic rings. The van der Waals surface area contributed by atoms with E-state index in [1.165, 1.54) is 7.11 Å². The first-order valence-corrected chi connectivity index (χ1v) is 7.44. The molecule has 0 saturated carbocycles. The minimum Gasteiger partial charge on any atom is -0.469 e. The number of methoxy groups -OCH3 is 1. The number of aromatic nitrogens is 3. The van der Waals surface area contributed by atoms with E-state index in [1.807, 2.05) is 17.5 Å². The van der Waals surface area contributed by atoms with Crippen LogP contribution in [0.15, 0.2) is 17.5 Å². The van der Waals surface area contributed by atoms with Crippen LogP contribution in [0.25, 0.3) is 10.7 Å². The van der Waals surface area contributed by atoms with Gasteiger partial charge in [-0.25, -0.2) is 0 Å². The van der Waals surface area contributed by atoms with Gasteiger partial charge in [-0.3, -0.25) is 9.89 Å². The van der Waals surface area contributed by atoms with Crippen molar-refractivity contribution in [1.82, 2.24) is 15.2 Å². The Balaban J connectivity index is 1.64. The lowest BCUT2D eigenvalue weighted by Crippen LogP contribution is -2.04. The van der Waals surface area contributed by atoms with Gasteiger partial charge in [-0.1, -0.05) is 12.5 Å². The molecule has 0 aliphatic heterocycles. The van der Waals surface area contributed by atoms with Crippen LogP contribution in [-0.4, -0.2) is 34.8 Å². The number of hydrogen-bond acceptors (Lipinski definition) is 6. The topological polar surface area (TPSA) is 79.9 Å². The summed E-state index contributed by atoms with van der Waals surface area (Å²) in [5, 5.41) is 12.2. The molecular formula is C13H18N4O2S. The van der Waals surface area contributed by atoms with Gasteiger partial charge in [-0.15, -0.1) is 16.4 Å². The number of nitrogens with zero attached hydrogens (tertiary/aromatic N) is 2. The van der Waals surface area contributed by atoms with Crippen molar-refractivity contribution in [2.45, 2.75) is 25.7 Å². The van der Waals surface area contributed by atoms with E-state index in [0.717, 1.165) is 36.5 Å². The molecule has 0 saturated heterocycles. The fourth-order valence-corrected chi connectivity index (χ4v) is 2.40. The number of rotatable bonds is 8. The van der Waals surface area contributed by atoms with Crippen LogP contribution in [0.2, 0.25) is 0 Å². The predicted octanol–water partition coefficient (Wildman–Crippen LogP) is 2.68. The van der Waals surface area contributed by atoms with Crippen LogP contribution >= 0.6 is 11.3 Å². The summed E-state index contributed by atoms with van der Waals surface area (Å²) in [5.74, 6) is 1.25. The highest BCUT2D eigenvalue weighted by atomic mass is 32.1. The normalized spacial score (nSPS) is 10.4. The summed E-state index contributed by atoms with van der Waals surface area (Å²) in [6, 6.07) is 3.98. The molecule has 0 aliphatic carbocycles. The van der Waals surface area contributed by atoms with E-state index in [0.29, 0.717) is 12.4 Å².